The lowest BCUT2D eigenvalue weighted by Crippen LogP contribution is -1.99. The molecule has 0 fully saturated rings. The maximum Gasteiger partial charge on any atom is 0.162 e. The lowest BCUT2D eigenvalue weighted by Gasteiger charge is -2.03. The van der Waals surface area contributed by atoms with E-state index in [0.717, 1.165) is 36.6 Å². The van der Waals surface area contributed by atoms with Crippen molar-refractivity contribution in [2.24, 2.45) is 0 Å². The Morgan fingerprint density at radius 2 is 2.06 bits per heavy atom. The lowest BCUT2D eigenvalue weighted by atomic mass is 10.0. The summed E-state index contributed by atoms with van der Waals surface area (Å²) in [7, 11) is 0. The summed E-state index contributed by atoms with van der Waals surface area (Å²) in [5.74, 6) is 0.282. The third-order valence-corrected chi connectivity index (χ3v) is 3.26. The van der Waals surface area contributed by atoms with Gasteiger partial charge in [0.05, 0.1) is 0 Å². The van der Waals surface area contributed by atoms with Crippen LogP contribution in [-0.4, -0.2) is 11.1 Å². The van der Waals surface area contributed by atoms with Gasteiger partial charge in [0.15, 0.2) is 5.78 Å². The van der Waals surface area contributed by atoms with Crippen LogP contribution >= 0.6 is 15.9 Å². The zero-order valence-electron chi connectivity index (χ0n) is 9.84. The Kier molecular flexibility index (Phi) is 6.39. The molecule has 0 radical (unpaired) electrons. The van der Waals surface area contributed by atoms with Crippen molar-refractivity contribution < 1.29 is 4.79 Å². The zero-order chi connectivity index (χ0) is 11.8. The van der Waals surface area contributed by atoms with E-state index in [1.165, 1.54) is 5.56 Å². The summed E-state index contributed by atoms with van der Waals surface area (Å²) in [6.07, 6.45) is 4.96. The molecule has 0 atom stereocenters. The van der Waals surface area contributed by atoms with Crippen molar-refractivity contribution in [3.8, 4) is 0 Å². The van der Waals surface area contributed by atoms with Crippen LogP contribution in [0.4, 0.5) is 0 Å². The van der Waals surface area contributed by atoms with E-state index in [4.69, 9.17) is 0 Å². The van der Waals surface area contributed by atoms with Crippen molar-refractivity contribution in [3.05, 3.63) is 35.4 Å². The molecule has 0 unspecified atom stereocenters. The molecule has 0 saturated carbocycles. The predicted octanol–water partition coefficient (Wildman–Crippen LogP) is 4.39. The number of unbranched alkanes of at least 4 members (excludes halogenated alkanes) is 2. The fourth-order valence-corrected chi connectivity index (χ4v) is 2.06. The van der Waals surface area contributed by atoms with Gasteiger partial charge in [-0.3, -0.25) is 4.79 Å². The number of alkyl halides is 1. The van der Waals surface area contributed by atoms with Gasteiger partial charge < -0.3 is 0 Å². The number of benzene rings is 1. The van der Waals surface area contributed by atoms with Gasteiger partial charge in [0, 0.05) is 17.3 Å². The smallest absolute Gasteiger partial charge is 0.162 e. The number of hydrogen-bond acceptors (Lipinski definition) is 1. The SMILES string of the molecule is CCc1cccc(C(=O)CCCCCBr)c1. The quantitative estimate of drug-likeness (QED) is 0.412. The fraction of sp³-hybridized carbons (Fsp3) is 0.500. The highest BCUT2D eigenvalue weighted by atomic mass is 79.9. The summed E-state index contributed by atoms with van der Waals surface area (Å²) >= 11 is 3.40. The molecule has 1 aromatic carbocycles. The first-order valence-corrected chi connectivity index (χ1v) is 7.08. The molecule has 1 nitrogen and oxygen atoms in total. The van der Waals surface area contributed by atoms with Gasteiger partial charge in [-0.2, -0.15) is 0 Å². The molecule has 0 saturated heterocycles. The molecule has 0 aliphatic rings. The van der Waals surface area contributed by atoms with Crippen molar-refractivity contribution in [2.75, 3.05) is 5.33 Å². The molecule has 1 rings (SSSR count). The van der Waals surface area contributed by atoms with E-state index in [9.17, 15) is 4.79 Å². The maximum absolute atomic E-state index is 11.9. The minimum absolute atomic E-state index is 0.282. The Morgan fingerprint density at radius 3 is 2.75 bits per heavy atom. The summed E-state index contributed by atoms with van der Waals surface area (Å²) in [6, 6.07) is 7.99. The Labute approximate surface area is 106 Å². The summed E-state index contributed by atoms with van der Waals surface area (Å²) < 4.78 is 0. The van der Waals surface area contributed by atoms with Crippen LogP contribution in [0.1, 0.15) is 48.5 Å². The molecule has 0 heterocycles. The van der Waals surface area contributed by atoms with Crippen molar-refractivity contribution in [1.82, 2.24) is 0 Å². The molecule has 0 aromatic heterocycles. The molecule has 0 N–H and O–H groups in total. The highest BCUT2D eigenvalue weighted by molar-refractivity contribution is 9.09. The van der Waals surface area contributed by atoms with Crippen LogP contribution in [0, 0.1) is 0 Å². The van der Waals surface area contributed by atoms with Gasteiger partial charge >= 0.3 is 0 Å². The number of hydrogen-bond donors (Lipinski definition) is 0. The highest BCUT2D eigenvalue weighted by Crippen LogP contribution is 2.11. The Morgan fingerprint density at radius 1 is 1.25 bits per heavy atom. The van der Waals surface area contributed by atoms with Crippen LogP contribution < -0.4 is 0 Å². The monoisotopic (exact) mass is 282 g/mol. The molecule has 0 aliphatic heterocycles. The van der Waals surface area contributed by atoms with Crippen molar-refractivity contribution >= 4 is 21.7 Å². The second kappa shape index (κ2) is 7.61. The molecule has 0 aliphatic carbocycles. The van der Waals surface area contributed by atoms with Crippen molar-refractivity contribution in [2.45, 2.75) is 39.0 Å². The second-order valence-corrected chi connectivity index (χ2v) is 4.77. The number of rotatable bonds is 7. The Balaban J connectivity index is 2.46. The maximum atomic E-state index is 11.9. The van der Waals surface area contributed by atoms with Gasteiger partial charge in [0.2, 0.25) is 0 Å². The normalized spacial score (nSPS) is 10.4. The van der Waals surface area contributed by atoms with E-state index in [-0.39, 0.29) is 5.78 Å². The van der Waals surface area contributed by atoms with Crippen LogP contribution in [0.25, 0.3) is 0 Å². The average molecular weight is 283 g/mol. The standard InChI is InChI=1S/C14H19BrO/c1-2-12-7-6-8-13(11-12)14(16)9-4-3-5-10-15/h6-8,11H,2-5,9-10H2,1H3. The molecule has 1 aromatic rings. The summed E-state index contributed by atoms with van der Waals surface area (Å²) in [5.41, 5.74) is 2.12. The van der Waals surface area contributed by atoms with Crippen LogP contribution in [0.2, 0.25) is 0 Å². The summed E-state index contributed by atoms with van der Waals surface area (Å²) in [6.45, 7) is 2.11. The second-order valence-electron chi connectivity index (χ2n) is 3.98. The number of aryl methyl sites for hydroxylation is 1. The van der Waals surface area contributed by atoms with Gasteiger partial charge in [0.1, 0.15) is 0 Å². The van der Waals surface area contributed by atoms with Gasteiger partial charge in [-0.1, -0.05) is 47.5 Å². The fourth-order valence-electron chi connectivity index (χ4n) is 1.67. The molecule has 0 bridgehead atoms. The molecule has 16 heavy (non-hydrogen) atoms. The van der Waals surface area contributed by atoms with Crippen molar-refractivity contribution in [1.29, 1.82) is 0 Å². The highest BCUT2D eigenvalue weighted by Gasteiger charge is 2.05. The van der Waals surface area contributed by atoms with Gasteiger partial charge in [0.25, 0.3) is 0 Å². The topological polar surface area (TPSA) is 17.1 Å². The zero-order valence-corrected chi connectivity index (χ0v) is 11.4. The Hall–Kier alpha value is -0.630. The van der Waals surface area contributed by atoms with E-state index >= 15 is 0 Å². The van der Waals surface area contributed by atoms with E-state index in [2.05, 4.69) is 28.9 Å². The van der Waals surface area contributed by atoms with E-state index < -0.39 is 0 Å². The number of ketones is 1. The van der Waals surface area contributed by atoms with E-state index in [1.807, 2.05) is 18.2 Å². The third-order valence-electron chi connectivity index (χ3n) is 2.69. The van der Waals surface area contributed by atoms with Crippen LogP contribution in [0.15, 0.2) is 24.3 Å². The largest absolute Gasteiger partial charge is 0.294 e. The molecular formula is C14H19BrO. The van der Waals surface area contributed by atoms with Crippen LogP contribution in [-0.2, 0) is 6.42 Å². The first-order chi connectivity index (χ1) is 7.77. The van der Waals surface area contributed by atoms with Crippen molar-refractivity contribution in [3.63, 3.8) is 0 Å². The molecule has 88 valence electrons. The lowest BCUT2D eigenvalue weighted by molar-refractivity contribution is 0.0979. The van der Waals surface area contributed by atoms with Gasteiger partial charge in [-0.25, -0.2) is 0 Å². The molecular weight excluding hydrogens is 264 g/mol. The predicted molar refractivity (Wildman–Crippen MR) is 72.4 cm³/mol. The number of carbonyl (C=O) groups excluding carboxylic acids is 1. The minimum atomic E-state index is 0.282. The first-order valence-electron chi connectivity index (χ1n) is 5.96. The van der Waals surface area contributed by atoms with Gasteiger partial charge in [-0.15, -0.1) is 0 Å². The van der Waals surface area contributed by atoms with Crippen LogP contribution in [0.5, 0.6) is 0 Å². The molecule has 0 amide bonds. The minimum Gasteiger partial charge on any atom is -0.294 e. The number of Topliss-reactive ketones (excluding diaryl/α,β-unsaturated/α-hetero) is 1. The first kappa shape index (κ1) is 13.4. The molecule has 0 spiro atoms. The average Bonchev–Trinajstić information content (AvgIpc) is 2.34. The third kappa shape index (κ3) is 4.48. The molecule has 2 heteroatoms. The Bertz CT molecular complexity index is 333. The summed E-state index contributed by atoms with van der Waals surface area (Å²) in [4.78, 5) is 11.9. The van der Waals surface area contributed by atoms with E-state index in [0.29, 0.717) is 6.42 Å². The number of halogens is 1. The van der Waals surface area contributed by atoms with Crippen LogP contribution in [0.3, 0.4) is 0 Å². The number of carbonyl (C=O) groups is 1. The summed E-state index contributed by atoms with van der Waals surface area (Å²) in [5, 5.41) is 1.03. The van der Waals surface area contributed by atoms with E-state index in [1.54, 1.807) is 0 Å². The van der Waals surface area contributed by atoms with Gasteiger partial charge in [-0.05, 0) is 30.9 Å².